The average molecular weight is 1610 g/mol. The van der Waals surface area contributed by atoms with Crippen molar-refractivity contribution >= 4 is 110 Å². The molecule has 9 aromatic rings. The molecule has 0 spiro atoms. The summed E-state index contributed by atoms with van der Waals surface area (Å²) in [5.74, 6) is 1.86. The normalized spacial score (nSPS) is 19.3. The molecule has 4 aliphatic rings. The van der Waals surface area contributed by atoms with Gasteiger partial charge in [0.15, 0.2) is 17.5 Å². The summed E-state index contributed by atoms with van der Waals surface area (Å²) in [7, 11) is 15.1. The van der Waals surface area contributed by atoms with Gasteiger partial charge in [-0.05, 0) is 303 Å². The van der Waals surface area contributed by atoms with Gasteiger partial charge in [-0.2, -0.15) is 0 Å². The number of rotatable bonds is 20. The Morgan fingerprint density at radius 3 is 1.21 bits per heavy atom. The van der Waals surface area contributed by atoms with Crippen molar-refractivity contribution in [1.82, 2.24) is 49.5 Å². The molecule has 16 nitrogen and oxygen atoms in total. The third kappa shape index (κ3) is 18.4. The van der Waals surface area contributed by atoms with Crippen LogP contribution in [0, 0.1) is 59.0 Å². The quantitative estimate of drug-likeness (QED) is 0.0702. The Kier molecular flexibility index (Phi) is 27.4. The molecular weight excluding hydrogens is 1500 g/mol. The molecule has 2 N–H and O–H groups in total. The highest BCUT2D eigenvalue weighted by atomic mass is 79.9. The number of anilines is 6. The topological polar surface area (TPSA) is 127 Å². The molecule has 0 unspecified atom stereocenters. The van der Waals surface area contributed by atoms with Crippen molar-refractivity contribution < 1.29 is 13.2 Å². The Bertz CT molecular complexity index is 4490. The maximum atomic E-state index is 17.2. The summed E-state index contributed by atoms with van der Waals surface area (Å²) in [4.78, 5) is 46.2. The smallest absolute Gasteiger partial charge is 0.161 e. The predicted molar refractivity (Wildman–Crippen MR) is 448 cm³/mol. The van der Waals surface area contributed by atoms with Gasteiger partial charge in [0.1, 0.15) is 22.6 Å². The zero-order chi connectivity index (χ0) is 76.7. The summed E-state index contributed by atoms with van der Waals surface area (Å²) in [5.41, 5.74) is 12.2. The lowest BCUT2D eigenvalue weighted by molar-refractivity contribution is 0.214. The Labute approximate surface area is 655 Å². The summed E-state index contributed by atoms with van der Waals surface area (Å²) < 4.78 is 48.9. The number of nitrogens with one attached hydrogen (secondary N) is 2. The Morgan fingerprint density at radius 2 is 0.832 bits per heavy atom. The third-order valence-electron chi connectivity index (χ3n) is 23.3. The van der Waals surface area contributed by atoms with Crippen molar-refractivity contribution in [3.8, 4) is 11.1 Å². The number of nitrogens with zero attached hydrogens (tertiary/aromatic N) is 14. The molecule has 4 fully saturated rings. The van der Waals surface area contributed by atoms with E-state index in [1.54, 1.807) is 18.5 Å². The van der Waals surface area contributed by atoms with E-state index in [1.807, 2.05) is 75.6 Å². The van der Waals surface area contributed by atoms with E-state index in [2.05, 4.69) is 200 Å². The third-order valence-corrected chi connectivity index (χ3v) is 24.8. The number of pyridine rings is 6. The molecule has 13 rings (SSSR count). The summed E-state index contributed by atoms with van der Waals surface area (Å²) in [5, 5.41) is 12.8. The number of halogens is 6. The van der Waals surface area contributed by atoms with Crippen LogP contribution in [-0.2, 0) is 13.1 Å². The van der Waals surface area contributed by atoms with Crippen LogP contribution in [-0.4, -0.2) is 181 Å². The molecule has 1 saturated heterocycles. The second kappa shape index (κ2) is 36.2. The van der Waals surface area contributed by atoms with Crippen molar-refractivity contribution in [3.05, 3.63) is 162 Å². The number of hydrogen-bond donors (Lipinski definition) is 2. The number of piperazine rings is 1. The van der Waals surface area contributed by atoms with Crippen molar-refractivity contribution in [2.45, 2.75) is 189 Å². The molecule has 0 radical (unpaired) electrons. The fraction of sp³-hybridized carbons (Fsp3) is 0.506. The van der Waals surface area contributed by atoms with Crippen LogP contribution in [0.25, 0.3) is 43.4 Å². The van der Waals surface area contributed by atoms with Crippen LogP contribution >= 0.6 is 43.5 Å². The first-order chi connectivity index (χ1) is 51.3. The molecule has 7 heterocycles. The maximum absolute atomic E-state index is 17.2. The molecular formula is C85H112Br2ClF3N16. The molecule has 0 atom stereocenters. The van der Waals surface area contributed by atoms with Gasteiger partial charge in [-0.1, -0.05) is 11.6 Å². The SMILES string of the molecule is CCN(c1c(F)c(-c2ccc(N3CCN(C)CC3)nc2)cc2c(NCc3c(C)cc(C)nc3C)nccc12)C1CCC(N(C)C)CC1.CCN(c1c(F)c(Br)cc2c(Cl)nccc12)C1CCC(N(C)C)CC1.CCN(c1c(F)c(Br)cc2c(NCc3c(C)cc(C)nc3C)nccc12)C1CCC(N(C)C)CC1. The number of hydrogen-bond acceptors (Lipinski definition) is 16. The van der Waals surface area contributed by atoms with Gasteiger partial charge in [-0.3, -0.25) is 9.97 Å². The first-order valence-electron chi connectivity index (χ1n) is 38.6. The van der Waals surface area contributed by atoms with Crippen LogP contribution in [0.5, 0.6) is 0 Å². The lowest BCUT2D eigenvalue weighted by atomic mass is 9.88. The van der Waals surface area contributed by atoms with Gasteiger partial charge in [0.05, 0.1) is 26.0 Å². The van der Waals surface area contributed by atoms with Crippen LogP contribution < -0.4 is 30.2 Å². The summed E-state index contributed by atoms with van der Waals surface area (Å²) in [6, 6.07) is 22.4. The van der Waals surface area contributed by atoms with Gasteiger partial charge >= 0.3 is 0 Å². The van der Waals surface area contributed by atoms with E-state index in [0.717, 1.165) is 207 Å². The largest absolute Gasteiger partial charge is 0.366 e. The molecule has 574 valence electrons. The number of benzene rings is 3. The minimum absolute atomic E-state index is 0.185. The Morgan fingerprint density at radius 1 is 0.458 bits per heavy atom. The predicted octanol–water partition coefficient (Wildman–Crippen LogP) is 19.1. The van der Waals surface area contributed by atoms with Crippen LogP contribution in [0.4, 0.5) is 47.7 Å². The molecule has 1 aliphatic heterocycles. The first kappa shape index (κ1) is 81.0. The molecule has 3 aromatic carbocycles. The number of aromatic nitrogens is 6. The van der Waals surface area contributed by atoms with Gasteiger partial charge in [0.2, 0.25) is 0 Å². The van der Waals surface area contributed by atoms with Crippen molar-refractivity contribution in [3.63, 3.8) is 0 Å². The van der Waals surface area contributed by atoms with E-state index in [4.69, 9.17) is 26.6 Å². The zero-order valence-corrected chi connectivity index (χ0v) is 69.9. The Hall–Kier alpha value is -6.98. The minimum Gasteiger partial charge on any atom is -0.366 e. The van der Waals surface area contributed by atoms with Crippen LogP contribution in [0.3, 0.4) is 0 Å². The van der Waals surface area contributed by atoms with E-state index >= 15 is 13.2 Å². The van der Waals surface area contributed by atoms with Gasteiger partial charge < -0.3 is 49.8 Å². The molecule has 3 aliphatic carbocycles. The van der Waals surface area contributed by atoms with E-state index in [0.29, 0.717) is 80.0 Å². The Balaban J connectivity index is 0.000000168. The van der Waals surface area contributed by atoms with Crippen molar-refractivity contribution in [2.24, 2.45) is 0 Å². The molecule has 0 bridgehead atoms. The van der Waals surface area contributed by atoms with Crippen LogP contribution in [0.2, 0.25) is 5.15 Å². The summed E-state index contributed by atoms with van der Waals surface area (Å²) in [6.45, 7) is 26.1. The lowest BCUT2D eigenvalue weighted by Crippen LogP contribution is -2.44. The molecule has 3 saturated carbocycles. The highest BCUT2D eigenvalue weighted by Gasteiger charge is 2.34. The highest BCUT2D eigenvalue weighted by molar-refractivity contribution is 9.10. The summed E-state index contributed by atoms with van der Waals surface area (Å²) >= 11 is 13.1. The summed E-state index contributed by atoms with van der Waals surface area (Å²) in [6.07, 6.45) is 20.2. The fourth-order valence-corrected chi connectivity index (χ4v) is 18.3. The molecule has 0 amide bonds. The van der Waals surface area contributed by atoms with Gasteiger partial charge in [0, 0.05) is 186 Å². The number of fused-ring (bicyclic) bond motifs is 3. The second-order valence-corrected chi connectivity index (χ2v) is 32.7. The average Bonchev–Trinajstić information content (AvgIpc) is 0.687. The van der Waals surface area contributed by atoms with Crippen molar-refractivity contribution in [1.29, 1.82) is 0 Å². The number of aryl methyl sites for hydroxylation is 6. The zero-order valence-electron chi connectivity index (χ0n) is 65.9. The van der Waals surface area contributed by atoms with E-state index in [9.17, 15) is 0 Å². The van der Waals surface area contributed by atoms with E-state index in [1.165, 1.54) is 16.7 Å². The number of likely N-dealkylation sites (N-methyl/N-ethyl adjacent to an activating group) is 1. The monoisotopic (exact) mass is 1610 g/mol. The van der Waals surface area contributed by atoms with Crippen LogP contribution in [0.1, 0.15) is 143 Å². The highest BCUT2D eigenvalue weighted by Crippen LogP contribution is 2.45. The minimum atomic E-state index is -0.216. The first-order valence-corrected chi connectivity index (χ1v) is 40.6. The van der Waals surface area contributed by atoms with Gasteiger partial charge in [-0.25, -0.2) is 33.1 Å². The van der Waals surface area contributed by atoms with Gasteiger partial charge in [-0.15, -0.1) is 0 Å². The van der Waals surface area contributed by atoms with Crippen molar-refractivity contribution in [2.75, 3.05) is 125 Å². The molecule has 6 aromatic heterocycles. The fourth-order valence-electron chi connectivity index (χ4n) is 17.3. The maximum Gasteiger partial charge on any atom is 0.161 e. The molecule has 22 heteroatoms. The van der Waals surface area contributed by atoms with E-state index < -0.39 is 0 Å². The van der Waals surface area contributed by atoms with E-state index in [-0.39, 0.29) is 23.5 Å². The standard InChI is InChI=1S/C38H51FN8.C28H37BrFN5.C19H24BrClFN3/c1-8-47(30-12-10-29(11-13-30)44(5)6)37-31-15-16-40-38(42-24-34-25(2)21-26(3)43-27(34)4)33(31)22-32(36(37)39)28-9-14-35(41-23-28)46-19-17-45(7)18-20-46;1-7-35(21-10-8-20(9-11-21)34(5)6)27-22-12-13-31-28(23(22)15-25(29)26(27)30)32-16-24-17(2)14-18(3)33-19(24)4;1-4-25(13-7-5-12(6-8-13)24(2)3)18-14-9-10-23-19(21)15(14)11-16(20)17(18)22/h9,14-16,21-23,29-30H,8,10-13,17-20,24H2,1-7H3,(H,40,42);12-15,20-21H,7-11,16H2,1-6H3,(H,31,32);9-13H,4-8H2,1-3H3. The molecule has 107 heavy (non-hydrogen) atoms. The lowest BCUT2D eigenvalue weighted by Gasteiger charge is -2.40. The van der Waals surface area contributed by atoms with Crippen LogP contribution in [0.15, 0.2) is 94.4 Å². The van der Waals surface area contributed by atoms with Gasteiger partial charge in [0.25, 0.3) is 0 Å². The second-order valence-electron chi connectivity index (χ2n) is 30.7.